The van der Waals surface area contributed by atoms with E-state index in [4.69, 9.17) is 9.47 Å². The molecule has 2 aromatic rings. The van der Waals surface area contributed by atoms with Crippen LogP contribution in [0.15, 0.2) is 24.3 Å². The Hall–Kier alpha value is -2.76. The van der Waals surface area contributed by atoms with Crippen LogP contribution < -0.4 is 0 Å². The summed E-state index contributed by atoms with van der Waals surface area (Å²) in [7, 11) is 3.11. The highest BCUT2D eigenvalue weighted by Gasteiger charge is 2.13. The molecule has 8 nitrogen and oxygen atoms in total. The van der Waals surface area contributed by atoms with Gasteiger partial charge in [-0.05, 0) is 18.1 Å². The smallest absolute Gasteiger partial charge is 0.269 e. The van der Waals surface area contributed by atoms with Crippen molar-refractivity contribution in [3.63, 3.8) is 0 Å². The first-order valence-corrected chi connectivity index (χ1v) is 6.33. The monoisotopic (exact) mass is 302 g/mol. The summed E-state index contributed by atoms with van der Waals surface area (Å²) < 4.78 is 11.5. The number of hydrogen-bond acceptors (Lipinski definition) is 6. The molecule has 0 aliphatic carbocycles. The predicted octanol–water partition coefficient (Wildman–Crippen LogP) is 1.32. The van der Waals surface area contributed by atoms with Gasteiger partial charge >= 0.3 is 0 Å². The Balaban J connectivity index is 2.41. The zero-order valence-corrected chi connectivity index (χ0v) is 12.1. The molecule has 0 aliphatic heterocycles. The van der Waals surface area contributed by atoms with Crippen LogP contribution in [0.4, 0.5) is 5.69 Å². The summed E-state index contributed by atoms with van der Waals surface area (Å²) in [5, 5.41) is 18.8. The Bertz CT molecular complexity index is 713. The minimum absolute atomic E-state index is 0.00741. The van der Waals surface area contributed by atoms with Gasteiger partial charge in [-0.2, -0.15) is 0 Å². The van der Waals surface area contributed by atoms with Gasteiger partial charge in [0.25, 0.3) is 5.69 Å². The van der Waals surface area contributed by atoms with Crippen LogP contribution in [0.1, 0.15) is 11.4 Å². The minimum atomic E-state index is -0.458. The normalized spacial score (nSPS) is 10.1. The Morgan fingerprint density at radius 2 is 2.00 bits per heavy atom. The van der Waals surface area contributed by atoms with Crippen molar-refractivity contribution in [2.24, 2.45) is 0 Å². The summed E-state index contributed by atoms with van der Waals surface area (Å²) in [5.41, 5.74) is 1.78. The van der Waals surface area contributed by atoms with Crippen LogP contribution in [0, 0.1) is 22.0 Å². The van der Waals surface area contributed by atoms with Crippen LogP contribution in [0.2, 0.25) is 0 Å². The van der Waals surface area contributed by atoms with Crippen molar-refractivity contribution in [1.29, 1.82) is 0 Å². The quantitative estimate of drug-likeness (QED) is 0.470. The molecule has 0 unspecified atom stereocenters. The summed E-state index contributed by atoms with van der Waals surface area (Å²) >= 11 is 0. The van der Waals surface area contributed by atoms with Gasteiger partial charge in [-0.25, -0.2) is 4.68 Å². The third-order valence-corrected chi connectivity index (χ3v) is 2.75. The number of nitro benzene ring substituents is 1. The van der Waals surface area contributed by atoms with E-state index in [0.29, 0.717) is 17.1 Å². The van der Waals surface area contributed by atoms with Crippen LogP contribution in [0.5, 0.6) is 0 Å². The van der Waals surface area contributed by atoms with Crippen molar-refractivity contribution < 1.29 is 14.4 Å². The first kappa shape index (κ1) is 15.6. The SMILES string of the molecule is COCC#Cc1c(COC)nnn1-c1ccc([N+](=O)[O-])cc1. The maximum atomic E-state index is 10.7. The van der Waals surface area contributed by atoms with E-state index in [1.807, 2.05) is 0 Å². The average Bonchev–Trinajstić information content (AvgIpc) is 2.91. The molecule has 1 heterocycles. The van der Waals surface area contributed by atoms with E-state index in [-0.39, 0.29) is 18.9 Å². The van der Waals surface area contributed by atoms with Crippen LogP contribution in [0.3, 0.4) is 0 Å². The Morgan fingerprint density at radius 1 is 1.27 bits per heavy atom. The minimum Gasteiger partial charge on any atom is -0.378 e. The molecule has 0 saturated carbocycles. The molecule has 2 rings (SSSR count). The van der Waals surface area contributed by atoms with Gasteiger partial charge in [-0.3, -0.25) is 10.1 Å². The number of hydrogen-bond donors (Lipinski definition) is 0. The molecule has 0 aliphatic rings. The highest BCUT2D eigenvalue weighted by molar-refractivity contribution is 5.44. The molecule has 22 heavy (non-hydrogen) atoms. The lowest BCUT2D eigenvalue weighted by Gasteiger charge is -2.02. The second kappa shape index (κ2) is 7.31. The molecule has 114 valence electrons. The van der Waals surface area contributed by atoms with Gasteiger partial charge in [0.15, 0.2) is 0 Å². The molecule has 0 N–H and O–H groups in total. The van der Waals surface area contributed by atoms with Crippen LogP contribution >= 0.6 is 0 Å². The van der Waals surface area contributed by atoms with Crippen molar-refractivity contribution in [3.05, 3.63) is 45.8 Å². The van der Waals surface area contributed by atoms with Crippen LogP contribution in [0.25, 0.3) is 5.69 Å². The number of nitro groups is 1. The maximum Gasteiger partial charge on any atom is 0.269 e. The van der Waals surface area contributed by atoms with Crippen molar-refractivity contribution in [2.75, 3.05) is 20.8 Å². The molecule has 8 heteroatoms. The lowest BCUT2D eigenvalue weighted by Crippen LogP contribution is -2.02. The fourth-order valence-corrected chi connectivity index (χ4v) is 1.76. The molecule has 0 fully saturated rings. The average molecular weight is 302 g/mol. The molecular weight excluding hydrogens is 288 g/mol. The van der Waals surface area contributed by atoms with Gasteiger partial charge < -0.3 is 9.47 Å². The highest BCUT2D eigenvalue weighted by atomic mass is 16.6. The predicted molar refractivity (Wildman–Crippen MR) is 77.5 cm³/mol. The first-order chi connectivity index (χ1) is 10.7. The van der Waals surface area contributed by atoms with Gasteiger partial charge in [0.1, 0.15) is 18.0 Å². The van der Waals surface area contributed by atoms with Gasteiger partial charge in [0, 0.05) is 26.4 Å². The number of non-ortho nitro benzene ring substituents is 1. The number of benzene rings is 1. The molecule has 0 amide bonds. The largest absolute Gasteiger partial charge is 0.378 e. The maximum absolute atomic E-state index is 10.7. The van der Waals surface area contributed by atoms with Crippen LogP contribution in [-0.2, 0) is 16.1 Å². The van der Waals surface area contributed by atoms with Crippen molar-refractivity contribution >= 4 is 5.69 Å². The second-order valence-corrected chi connectivity index (χ2v) is 4.24. The van der Waals surface area contributed by atoms with E-state index in [0.717, 1.165) is 0 Å². The topological polar surface area (TPSA) is 92.3 Å². The fourth-order valence-electron chi connectivity index (χ4n) is 1.76. The lowest BCUT2D eigenvalue weighted by atomic mass is 10.2. The second-order valence-electron chi connectivity index (χ2n) is 4.24. The summed E-state index contributed by atoms with van der Waals surface area (Å²) in [6.45, 7) is 0.543. The molecule has 0 saturated heterocycles. The van der Waals surface area contributed by atoms with Gasteiger partial charge in [-0.1, -0.05) is 11.1 Å². The Morgan fingerprint density at radius 3 is 2.59 bits per heavy atom. The molecule has 1 aromatic carbocycles. The number of aromatic nitrogens is 3. The summed E-state index contributed by atoms with van der Waals surface area (Å²) in [6.07, 6.45) is 0. The summed E-state index contributed by atoms with van der Waals surface area (Å²) in [6, 6.07) is 5.98. The molecule has 0 atom stereocenters. The van der Waals surface area contributed by atoms with Gasteiger partial charge in [-0.15, -0.1) is 5.10 Å². The van der Waals surface area contributed by atoms with Crippen LogP contribution in [-0.4, -0.2) is 40.7 Å². The van der Waals surface area contributed by atoms with Crippen molar-refractivity contribution in [3.8, 4) is 17.5 Å². The Kier molecular flexibility index (Phi) is 5.19. The van der Waals surface area contributed by atoms with E-state index in [9.17, 15) is 10.1 Å². The third-order valence-electron chi connectivity index (χ3n) is 2.75. The standard InChI is InChI=1S/C14H14N4O4/c1-21-9-3-4-14-13(10-22-2)15-16-17(14)11-5-7-12(8-6-11)18(19)20/h5-8H,9-10H2,1-2H3. The van der Waals surface area contributed by atoms with Crippen molar-refractivity contribution in [2.45, 2.75) is 6.61 Å². The fraction of sp³-hybridized carbons (Fsp3) is 0.286. The molecular formula is C14H14N4O4. The zero-order valence-electron chi connectivity index (χ0n) is 12.1. The molecule has 0 bridgehead atoms. The van der Waals surface area contributed by atoms with Gasteiger partial charge in [0.05, 0.1) is 17.2 Å². The summed E-state index contributed by atoms with van der Waals surface area (Å²) in [5.74, 6) is 5.77. The van der Waals surface area contributed by atoms with E-state index in [2.05, 4.69) is 22.2 Å². The number of rotatable bonds is 5. The lowest BCUT2D eigenvalue weighted by molar-refractivity contribution is -0.384. The van der Waals surface area contributed by atoms with E-state index in [1.165, 1.54) is 16.8 Å². The van der Waals surface area contributed by atoms with E-state index in [1.54, 1.807) is 26.4 Å². The van der Waals surface area contributed by atoms with Gasteiger partial charge in [0.2, 0.25) is 0 Å². The zero-order chi connectivity index (χ0) is 15.9. The molecule has 0 radical (unpaired) electrons. The van der Waals surface area contributed by atoms with Crippen molar-refractivity contribution in [1.82, 2.24) is 15.0 Å². The molecule has 0 spiro atoms. The number of methoxy groups -OCH3 is 2. The van der Waals surface area contributed by atoms with E-state index >= 15 is 0 Å². The first-order valence-electron chi connectivity index (χ1n) is 6.33. The number of ether oxygens (including phenoxy) is 2. The molecule has 1 aromatic heterocycles. The number of nitrogens with zero attached hydrogens (tertiary/aromatic N) is 4. The Labute approximate surface area is 126 Å². The highest BCUT2D eigenvalue weighted by Crippen LogP contribution is 2.17. The summed E-state index contributed by atoms with van der Waals surface area (Å²) in [4.78, 5) is 10.2. The third kappa shape index (κ3) is 3.46. The van der Waals surface area contributed by atoms with E-state index < -0.39 is 4.92 Å².